The number of carboxylic acid groups (broad SMARTS) is 1. The number of hydrogen-bond acceptors (Lipinski definition) is 2. The van der Waals surface area contributed by atoms with Gasteiger partial charge in [-0.1, -0.05) is 11.6 Å². The van der Waals surface area contributed by atoms with Gasteiger partial charge in [0.25, 0.3) is 0 Å². The van der Waals surface area contributed by atoms with Gasteiger partial charge in [-0.2, -0.15) is 0 Å². The average Bonchev–Trinajstić information content (AvgIpc) is 2.34. The summed E-state index contributed by atoms with van der Waals surface area (Å²) in [5.74, 6) is 1.14. The van der Waals surface area contributed by atoms with Crippen LogP contribution < -0.4 is 5.32 Å². The lowest BCUT2D eigenvalue weighted by atomic mass is 10.1. The summed E-state index contributed by atoms with van der Waals surface area (Å²) < 4.78 is 0. The third-order valence-electron chi connectivity index (χ3n) is 2.46. The normalized spacial score (nSPS) is 9.68. The van der Waals surface area contributed by atoms with Crippen LogP contribution in [0.4, 0.5) is 5.69 Å². The van der Waals surface area contributed by atoms with Gasteiger partial charge in [-0.25, -0.2) is 4.79 Å². The quantitative estimate of drug-likeness (QED) is 0.621. The van der Waals surface area contributed by atoms with Crippen LogP contribution in [0, 0.1) is 12.3 Å². The topological polar surface area (TPSA) is 66.4 Å². The first-order valence-corrected chi connectivity index (χ1v) is 6.18. The molecule has 0 atom stereocenters. The first-order chi connectivity index (χ1) is 9.04. The number of amides is 1. The summed E-state index contributed by atoms with van der Waals surface area (Å²) in [4.78, 5) is 22.7. The van der Waals surface area contributed by atoms with Crippen molar-refractivity contribution in [3.05, 3.63) is 28.8 Å². The van der Waals surface area contributed by atoms with E-state index in [0.29, 0.717) is 24.3 Å². The van der Waals surface area contributed by atoms with Crippen LogP contribution in [0.15, 0.2) is 18.2 Å². The molecule has 0 aliphatic rings. The highest BCUT2D eigenvalue weighted by molar-refractivity contribution is 6.31. The van der Waals surface area contributed by atoms with Crippen LogP contribution in [0.1, 0.15) is 36.0 Å². The van der Waals surface area contributed by atoms with Crippen LogP contribution in [-0.2, 0) is 4.79 Å². The minimum Gasteiger partial charge on any atom is -0.478 e. The number of unbranched alkanes of at least 4 members (excludes halogenated alkanes) is 2. The van der Waals surface area contributed by atoms with E-state index in [0.717, 1.165) is 6.42 Å². The van der Waals surface area contributed by atoms with Crippen molar-refractivity contribution >= 4 is 29.2 Å². The lowest BCUT2D eigenvalue weighted by Crippen LogP contribution is -2.14. The number of halogens is 1. The second kappa shape index (κ2) is 7.45. The second-order valence-corrected chi connectivity index (χ2v) is 4.39. The molecule has 0 radical (unpaired) electrons. The van der Waals surface area contributed by atoms with E-state index in [1.165, 1.54) is 18.2 Å². The van der Waals surface area contributed by atoms with Crippen molar-refractivity contribution in [1.29, 1.82) is 0 Å². The van der Waals surface area contributed by atoms with E-state index in [2.05, 4.69) is 11.2 Å². The van der Waals surface area contributed by atoms with Gasteiger partial charge in [-0.15, -0.1) is 12.3 Å². The van der Waals surface area contributed by atoms with Gasteiger partial charge in [-0.05, 0) is 31.0 Å². The van der Waals surface area contributed by atoms with Crippen molar-refractivity contribution in [2.24, 2.45) is 0 Å². The number of rotatable bonds is 6. The fraction of sp³-hybridized carbons (Fsp3) is 0.286. The largest absolute Gasteiger partial charge is 0.478 e. The predicted molar refractivity (Wildman–Crippen MR) is 74.3 cm³/mol. The van der Waals surface area contributed by atoms with Gasteiger partial charge in [-0.3, -0.25) is 4.79 Å². The van der Waals surface area contributed by atoms with Crippen LogP contribution in [0.5, 0.6) is 0 Å². The van der Waals surface area contributed by atoms with Crippen LogP contribution in [0.2, 0.25) is 5.02 Å². The molecule has 0 fully saturated rings. The Labute approximate surface area is 116 Å². The van der Waals surface area contributed by atoms with E-state index < -0.39 is 5.97 Å². The standard InChI is InChI=1S/C14H14ClNO3/c1-2-3-4-5-6-13(17)16-12-9-10(15)7-8-11(12)14(18)19/h1,7-9H,3-6H2,(H,16,17)(H,18,19). The number of benzene rings is 1. The molecule has 0 saturated carbocycles. The second-order valence-electron chi connectivity index (χ2n) is 3.95. The summed E-state index contributed by atoms with van der Waals surface area (Å²) >= 11 is 5.78. The monoisotopic (exact) mass is 279 g/mol. The Morgan fingerprint density at radius 3 is 2.74 bits per heavy atom. The predicted octanol–water partition coefficient (Wildman–Crippen LogP) is 3.17. The SMILES string of the molecule is C#CCCCCC(=O)Nc1cc(Cl)ccc1C(=O)O. The van der Waals surface area contributed by atoms with E-state index >= 15 is 0 Å². The number of hydrogen-bond donors (Lipinski definition) is 2. The first-order valence-electron chi connectivity index (χ1n) is 5.80. The molecule has 0 aromatic heterocycles. The lowest BCUT2D eigenvalue weighted by molar-refractivity contribution is -0.116. The maximum atomic E-state index is 11.7. The van der Waals surface area contributed by atoms with Gasteiger partial charge >= 0.3 is 5.97 Å². The van der Waals surface area contributed by atoms with Gasteiger partial charge in [0.05, 0.1) is 11.3 Å². The molecule has 100 valence electrons. The third kappa shape index (κ3) is 5.02. The Morgan fingerprint density at radius 1 is 1.37 bits per heavy atom. The van der Waals surface area contributed by atoms with Crippen molar-refractivity contribution in [1.82, 2.24) is 0 Å². The van der Waals surface area contributed by atoms with E-state index in [9.17, 15) is 9.59 Å². The molecule has 0 aliphatic carbocycles. The number of aromatic carboxylic acids is 1. The molecule has 1 rings (SSSR count). The van der Waals surface area contributed by atoms with E-state index in [1.807, 2.05) is 0 Å². The van der Waals surface area contributed by atoms with Gasteiger partial charge in [0.2, 0.25) is 5.91 Å². The molecule has 4 nitrogen and oxygen atoms in total. The molecule has 0 heterocycles. The molecule has 2 N–H and O–H groups in total. The number of nitrogens with one attached hydrogen (secondary N) is 1. The summed E-state index contributed by atoms with van der Waals surface area (Å²) in [5.41, 5.74) is 0.225. The van der Waals surface area contributed by atoms with Crippen molar-refractivity contribution in [3.63, 3.8) is 0 Å². The zero-order chi connectivity index (χ0) is 14.3. The van der Waals surface area contributed by atoms with Gasteiger partial charge in [0, 0.05) is 17.9 Å². The number of carbonyl (C=O) groups is 2. The molecule has 1 amide bonds. The third-order valence-corrected chi connectivity index (χ3v) is 2.70. The zero-order valence-electron chi connectivity index (χ0n) is 10.3. The first kappa shape index (κ1) is 15.1. The van der Waals surface area contributed by atoms with Gasteiger partial charge in [0.1, 0.15) is 0 Å². The lowest BCUT2D eigenvalue weighted by Gasteiger charge is -2.08. The van der Waals surface area contributed by atoms with E-state index in [-0.39, 0.29) is 17.2 Å². The summed E-state index contributed by atoms with van der Waals surface area (Å²) in [5, 5.41) is 11.9. The summed E-state index contributed by atoms with van der Waals surface area (Å²) in [6, 6.07) is 4.25. The zero-order valence-corrected chi connectivity index (χ0v) is 11.0. The summed E-state index contributed by atoms with van der Waals surface area (Å²) in [6.45, 7) is 0. The Kier molecular flexibility index (Phi) is 5.91. The summed E-state index contributed by atoms with van der Waals surface area (Å²) in [6.07, 6.45) is 7.47. The van der Waals surface area contributed by atoms with Crippen molar-refractivity contribution in [2.45, 2.75) is 25.7 Å². The minimum absolute atomic E-state index is 0.0152. The van der Waals surface area contributed by atoms with Gasteiger partial charge < -0.3 is 10.4 Å². The fourth-order valence-corrected chi connectivity index (χ4v) is 1.70. The molecule has 19 heavy (non-hydrogen) atoms. The Hall–Kier alpha value is -1.99. The molecular weight excluding hydrogens is 266 g/mol. The molecule has 1 aromatic carbocycles. The Balaban J connectivity index is 2.65. The molecular formula is C14H14ClNO3. The maximum Gasteiger partial charge on any atom is 0.337 e. The van der Waals surface area contributed by atoms with Gasteiger partial charge in [0.15, 0.2) is 0 Å². The molecule has 1 aromatic rings. The molecule has 0 saturated heterocycles. The molecule has 5 heteroatoms. The van der Waals surface area contributed by atoms with Crippen LogP contribution in [-0.4, -0.2) is 17.0 Å². The van der Waals surface area contributed by atoms with Crippen LogP contribution in [0.25, 0.3) is 0 Å². The van der Waals surface area contributed by atoms with E-state index in [1.54, 1.807) is 0 Å². The average molecular weight is 280 g/mol. The molecule has 0 spiro atoms. The minimum atomic E-state index is -1.11. The van der Waals surface area contributed by atoms with Crippen LogP contribution >= 0.6 is 11.6 Å². The Bertz CT molecular complexity index is 520. The molecule has 0 aliphatic heterocycles. The Morgan fingerprint density at radius 2 is 2.11 bits per heavy atom. The van der Waals surface area contributed by atoms with Crippen molar-refractivity contribution in [2.75, 3.05) is 5.32 Å². The van der Waals surface area contributed by atoms with Crippen molar-refractivity contribution < 1.29 is 14.7 Å². The number of carboxylic acids is 1. The maximum absolute atomic E-state index is 11.7. The fourth-order valence-electron chi connectivity index (χ4n) is 1.53. The highest BCUT2D eigenvalue weighted by atomic mass is 35.5. The summed E-state index contributed by atoms with van der Waals surface area (Å²) in [7, 11) is 0. The molecule has 0 unspecified atom stereocenters. The smallest absolute Gasteiger partial charge is 0.337 e. The number of anilines is 1. The van der Waals surface area contributed by atoms with E-state index in [4.69, 9.17) is 23.1 Å². The number of carbonyl (C=O) groups excluding carboxylic acids is 1. The highest BCUT2D eigenvalue weighted by Crippen LogP contribution is 2.21. The highest BCUT2D eigenvalue weighted by Gasteiger charge is 2.12. The number of terminal acetylenes is 1. The molecule has 0 bridgehead atoms. The van der Waals surface area contributed by atoms with Crippen LogP contribution in [0.3, 0.4) is 0 Å². The van der Waals surface area contributed by atoms with Crippen molar-refractivity contribution in [3.8, 4) is 12.3 Å².